The molecule has 18 heavy (non-hydrogen) atoms. The Balaban J connectivity index is 2.38. The lowest BCUT2D eigenvalue weighted by Gasteiger charge is -2.02. The SMILES string of the molecule is [C-]#[N+]c1ccc(-c2ccc(S(=O)(=O)Cl)cc2)cc1. The summed E-state index contributed by atoms with van der Waals surface area (Å²) in [5.41, 5.74) is 2.36. The average Bonchev–Trinajstić information content (AvgIpc) is 2.38. The zero-order chi connectivity index (χ0) is 13.2. The third-order valence-corrected chi connectivity index (χ3v) is 3.84. The highest BCUT2D eigenvalue weighted by Crippen LogP contribution is 2.24. The Morgan fingerprint density at radius 1 is 0.889 bits per heavy atom. The van der Waals surface area contributed by atoms with Crippen LogP contribution in [0.2, 0.25) is 0 Å². The van der Waals surface area contributed by atoms with E-state index in [0.717, 1.165) is 11.1 Å². The molecule has 2 aromatic carbocycles. The molecule has 0 spiro atoms. The van der Waals surface area contributed by atoms with Gasteiger partial charge in [-0.3, -0.25) is 0 Å². The minimum atomic E-state index is -3.68. The number of halogens is 1. The second-order valence-electron chi connectivity index (χ2n) is 3.62. The van der Waals surface area contributed by atoms with E-state index in [-0.39, 0.29) is 4.90 Å². The van der Waals surface area contributed by atoms with Crippen molar-refractivity contribution >= 4 is 25.4 Å². The van der Waals surface area contributed by atoms with Gasteiger partial charge in [0, 0.05) is 10.7 Å². The molecule has 90 valence electrons. The summed E-state index contributed by atoms with van der Waals surface area (Å²) >= 11 is 0. The van der Waals surface area contributed by atoms with Crippen molar-refractivity contribution in [1.82, 2.24) is 0 Å². The molecule has 0 unspecified atom stereocenters. The number of hydrogen-bond acceptors (Lipinski definition) is 2. The van der Waals surface area contributed by atoms with Crippen molar-refractivity contribution in [3.05, 3.63) is 59.9 Å². The van der Waals surface area contributed by atoms with Crippen molar-refractivity contribution in [3.8, 4) is 11.1 Å². The van der Waals surface area contributed by atoms with Crippen LogP contribution in [0.5, 0.6) is 0 Å². The average molecular weight is 278 g/mol. The zero-order valence-corrected chi connectivity index (χ0v) is 10.7. The second-order valence-corrected chi connectivity index (χ2v) is 6.19. The molecule has 0 atom stereocenters. The molecule has 0 radical (unpaired) electrons. The third kappa shape index (κ3) is 2.70. The number of nitrogens with zero attached hydrogens (tertiary/aromatic N) is 1. The molecule has 0 saturated heterocycles. The van der Waals surface area contributed by atoms with E-state index in [1.807, 2.05) is 12.1 Å². The minimum absolute atomic E-state index is 0.0747. The molecule has 0 aliphatic rings. The van der Waals surface area contributed by atoms with Crippen molar-refractivity contribution in [1.29, 1.82) is 0 Å². The Hall–Kier alpha value is -1.83. The van der Waals surface area contributed by atoms with Gasteiger partial charge in [0.2, 0.25) is 0 Å². The highest BCUT2D eigenvalue weighted by Gasteiger charge is 2.09. The van der Waals surface area contributed by atoms with E-state index >= 15 is 0 Å². The maximum atomic E-state index is 11.1. The van der Waals surface area contributed by atoms with E-state index in [4.69, 9.17) is 17.3 Å². The van der Waals surface area contributed by atoms with Crippen LogP contribution in [0.15, 0.2) is 53.4 Å². The van der Waals surface area contributed by atoms with Crippen LogP contribution in [0, 0.1) is 6.57 Å². The smallest absolute Gasteiger partial charge is 0.238 e. The Labute approximate surface area is 110 Å². The van der Waals surface area contributed by atoms with Crippen LogP contribution in [-0.4, -0.2) is 8.42 Å². The molecule has 3 nitrogen and oxygen atoms in total. The first kappa shape index (κ1) is 12.6. The topological polar surface area (TPSA) is 38.5 Å². The molecular weight excluding hydrogens is 270 g/mol. The van der Waals surface area contributed by atoms with Crippen molar-refractivity contribution in [2.24, 2.45) is 0 Å². The van der Waals surface area contributed by atoms with Crippen LogP contribution in [0.25, 0.3) is 16.0 Å². The van der Waals surface area contributed by atoms with Gasteiger partial charge in [0.1, 0.15) is 0 Å². The Kier molecular flexibility index (Phi) is 3.37. The van der Waals surface area contributed by atoms with Gasteiger partial charge in [0.05, 0.1) is 11.5 Å². The molecule has 0 aromatic heterocycles. The van der Waals surface area contributed by atoms with E-state index in [1.54, 1.807) is 24.3 Å². The van der Waals surface area contributed by atoms with Gasteiger partial charge in [-0.05, 0) is 23.3 Å². The maximum Gasteiger partial charge on any atom is 0.261 e. The summed E-state index contributed by atoms with van der Waals surface area (Å²) in [4.78, 5) is 3.38. The molecule has 5 heteroatoms. The quantitative estimate of drug-likeness (QED) is 0.618. The van der Waals surface area contributed by atoms with Gasteiger partial charge in [-0.2, -0.15) is 0 Å². The van der Waals surface area contributed by atoms with Crippen molar-refractivity contribution in [2.45, 2.75) is 4.90 Å². The van der Waals surface area contributed by atoms with E-state index in [1.165, 1.54) is 12.1 Å². The first-order valence-corrected chi connectivity index (χ1v) is 7.34. The summed E-state index contributed by atoms with van der Waals surface area (Å²) < 4.78 is 22.2. The molecule has 0 saturated carbocycles. The molecule has 0 fully saturated rings. The lowest BCUT2D eigenvalue weighted by molar-refractivity contribution is 0.609. The van der Waals surface area contributed by atoms with Crippen LogP contribution < -0.4 is 0 Å². The van der Waals surface area contributed by atoms with Crippen LogP contribution >= 0.6 is 10.7 Å². The largest absolute Gasteiger partial charge is 0.261 e. The summed E-state index contributed by atoms with van der Waals surface area (Å²) in [7, 11) is 1.56. The predicted molar refractivity (Wildman–Crippen MR) is 71.2 cm³/mol. The van der Waals surface area contributed by atoms with Gasteiger partial charge >= 0.3 is 0 Å². The number of hydrogen-bond donors (Lipinski definition) is 0. The van der Waals surface area contributed by atoms with Crippen LogP contribution in [-0.2, 0) is 9.05 Å². The van der Waals surface area contributed by atoms with Gasteiger partial charge in [-0.25, -0.2) is 13.3 Å². The fourth-order valence-electron chi connectivity index (χ4n) is 1.54. The summed E-state index contributed by atoms with van der Waals surface area (Å²) in [6.07, 6.45) is 0. The molecular formula is C13H8ClNO2S. The fraction of sp³-hybridized carbons (Fsp3) is 0. The van der Waals surface area contributed by atoms with Crippen molar-refractivity contribution in [3.63, 3.8) is 0 Å². The number of rotatable bonds is 2. The monoisotopic (exact) mass is 277 g/mol. The molecule has 2 aromatic rings. The Morgan fingerprint density at radius 2 is 1.33 bits per heavy atom. The summed E-state index contributed by atoms with van der Waals surface area (Å²) in [5, 5.41) is 0. The predicted octanol–water partition coefficient (Wildman–Crippen LogP) is 3.83. The molecule has 0 bridgehead atoms. The summed E-state index contributed by atoms with van der Waals surface area (Å²) in [6, 6.07) is 13.4. The molecule has 0 amide bonds. The van der Waals surface area contributed by atoms with Crippen LogP contribution in [0.4, 0.5) is 5.69 Å². The van der Waals surface area contributed by atoms with Gasteiger partial charge in [0.25, 0.3) is 9.05 Å². The highest BCUT2D eigenvalue weighted by atomic mass is 35.7. The first-order chi connectivity index (χ1) is 8.50. The highest BCUT2D eigenvalue weighted by molar-refractivity contribution is 8.13. The van der Waals surface area contributed by atoms with E-state index < -0.39 is 9.05 Å². The van der Waals surface area contributed by atoms with Crippen LogP contribution in [0.3, 0.4) is 0 Å². The van der Waals surface area contributed by atoms with Gasteiger partial charge in [-0.1, -0.05) is 36.4 Å². The molecule has 2 rings (SSSR count). The maximum absolute atomic E-state index is 11.1. The summed E-state index contributed by atoms with van der Waals surface area (Å²) in [5.74, 6) is 0. The van der Waals surface area contributed by atoms with E-state index in [0.29, 0.717) is 5.69 Å². The lowest BCUT2D eigenvalue weighted by Crippen LogP contribution is -1.89. The fourth-order valence-corrected chi connectivity index (χ4v) is 2.31. The van der Waals surface area contributed by atoms with Gasteiger partial charge in [0.15, 0.2) is 5.69 Å². The molecule has 0 heterocycles. The minimum Gasteiger partial charge on any atom is -0.238 e. The number of benzene rings is 2. The van der Waals surface area contributed by atoms with E-state index in [2.05, 4.69) is 4.85 Å². The van der Waals surface area contributed by atoms with Gasteiger partial charge in [-0.15, -0.1) is 0 Å². The zero-order valence-electron chi connectivity index (χ0n) is 9.17. The molecule has 0 N–H and O–H groups in total. The van der Waals surface area contributed by atoms with Crippen molar-refractivity contribution < 1.29 is 8.42 Å². The van der Waals surface area contributed by atoms with Crippen LogP contribution in [0.1, 0.15) is 0 Å². The Bertz CT molecular complexity index is 698. The standard InChI is InChI=1S/C13H8ClNO2S/c1-15-12-6-2-10(3-7-12)11-4-8-13(9-5-11)18(14,16)17/h2-9H. The normalized spacial score (nSPS) is 10.9. The van der Waals surface area contributed by atoms with Crippen molar-refractivity contribution in [2.75, 3.05) is 0 Å². The third-order valence-electron chi connectivity index (χ3n) is 2.47. The van der Waals surface area contributed by atoms with E-state index in [9.17, 15) is 8.42 Å². The van der Waals surface area contributed by atoms with Gasteiger partial charge < -0.3 is 0 Å². The lowest BCUT2D eigenvalue weighted by atomic mass is 10.1. The second kappa shape index (κ2) is 4.81. The molecule has 0 aliphatic heterocycles. The first-order valence-electron chi connectivity index (χ1n) is 5.03. The Morgan fingerprint density at radius 3 is 1.72 bits per heavy atom. The summed E-state index contributed by atoms with van der Waals surface area (Å²) in [6.45, 7) is 6.86. The molecule has 0 aliphatic carbocycles.